The van der Waals surface area contributed by atoms with Gasteiger partial charge in [0.25, 0.3) is 0 Å². The molecule has 0 saturated heterocycles. The maximum Gasteiger partial charge on any atom is 0.126 e. The number of nitrogens with one attached hydrogen (secondary N) is 1. The summed E-state index contributed by atoms with van der Waals surface area (Å²) in [4.78, 5) is 5.26. The molecule has 2 atom stereocenters. The number of hydrogen-bond donors (Lipinski definition) is 2. The Balaban J connectivity index is 1.07. The molecular formula is C55H39N6-. The zero-order chi connectivity index (χ0) is 40.4. The average molecular weight is 784 g/mol. The van der Waals surface area contributed by atoms with E-state index in [9.17, 15) is 0 Å². The quantitative estimate of drug-likeness (QED) is 0.165. The van der Waals surface area contributed by atoms with E-state index in [-0.39, 0.29) is 0 Å². The number of nitrogen functional groups attached to an aromatic ring is 1. The Morgan fingerprint density at radius 2 is 1.10 bits per heavy atom. The number of fused-ring (bicyclic) bond motifs is 7. The molecule has 12 rings (SSSR count). The lowest BCUT2D eigenvalue weighted by Crippen LogP contribution is -2.34. The summed E-state index contributed by atoms with van der Waals surface area (Å²) in [6.07, 6.45) is -0.935. The van der Waals surface area contributed by atoms with E-state index in [2.05, 4.69) is 190 Å². The van der Waals surface area contributed by atoms with Crippen molar-refractivity contribution < 1.29 is 0 Å². The van der Waals surface area contributed by atoms with Crippen LogP contribution in [0.15, 0.2) is 211 Å². The molecule has 3 heterocycles. The van der Waals surface area contributed by atoms with Gasteiger partial charge in [0.05, 0.1) is 22.1 Å². The summed E-state index contributed by atoms with van der Waals surface area (Å²) in [7, 11) is 0. The zero-order valence-electron chi connectivity index (χ0n) is 33.2. The molecule has 0 aliphatic carbocycles. The van der Waals surface area contributed by atoms with Gasteiger partial charge in [0.1, 0.15) is 5.84 Å². The van der Waals surface area contributed by atoms with E-state index < -0.39 is 12.3 Å². The van der Waals surface area contributed by atoms with Gasteiger partial charge in [0, 0.05) is 44.2 Å². The number of nitrogens with zero attached hydrogens (tertiary/aromatic N) is 4. The minimum atomic E-state index is -0.472. The summed E-state index contributed by atoms with van der Waals surface area (Å²) in [5.74, 6) is 0.785. The first-order chi connectivity index (χ1) is 30.1. The van der Waals surface area contributed by atoms with Crippen LogP contribution in [0.4, 0.5) is 5.69 Å². The number of nitrogens with two attached hydrogens (primary N) is 1. The Hall–Kier alpha value is -7.93. The Morgan fingerprint density at radius 3 is 1.87 bits per heavy atom. The van der Waals surface area contributed by atoms with Crippen molar-refractivity contribution in [2.24, 2.45) is 4.99 Å². The third-order valence-corrected chi connectivity index (χ3v) is 12.2. The largest absolute Gasteiger partial charge is 0.613 e. The number of amidine groups is 1. The van der Waals surface area contributed by atoms with E-state index in [0.29, 0.717) is 5.69 Å². The molecule has 2 unspecified atom stereocenters. The van der Waals surface area contributed by atoms with Gasteiger partial charge in [-0.25, -0.2) is 0 Å². The summed E-state index contributed by atoms with van der Waals surface area (Å²) in [6.45, 7) is 0. The van der Waals surface area contributed by atoms with Gasteiger partial charge in [-0.1, -0.05) is 152 Å². The lowest BCUT2D eigenvalue weighted by molar-refractivity contribution is 0.629. The second kappa shape index (κ2) is 14.1. The molecule has 0 saturated carbocycles. The fourth-order valence-corrected chi connectivity index (χ4v) is 9.36. The van der Waals surface area contributed by atoms with Crippen molar-refractivity contribution in [2.45, 2.75) is 12.3 Å². The lowest BCUT2D eigenvalue weighted by atomic mass is 10.0. The predicted molar refractivity (Wildman–Crippen MR) is 254 cm³/mol. The summed E-state index contributed by atoms with van der Waals surface area (Å²) < 4.78 is 4.81. The van der Waals surface area contributed by atoms with Crippen LogP contribution in [0.2, 0.25) is 0 Å². The highest BCUT2D eigenvalue weighted by atomic mass is 15.3. The number of para-hydroxylation sites is 2. The normalized spacial score (nSPS) is 15.4. The molecule has 0 bridgehead atoms. The molecule has 1 aliphatic heterocycles. The van der Waals surface area contributed by atoms with Crippen LogP contribution in [0.5, 0.6) is 0 Å². The van der Waals surface area contributed by atoms with Gasteiger partial charge in [-0.15, -0.1) is 0 Å². The standard InChI is InChI=1S/C55H39N6/c56-41-27-29-50(47(32-41)55-58-53(37-17-5-2-6-18-37)57-54(59-55)40-21-13-20-38(30-40)35-14-3-1-4-15-35)61-49-25-12-10-23-44(49)46-33-45-43-22-9-11-24-48(43)60(51(45)34-52(46)61)42-28-26-36-16-7-8-19-39(36)31-42/h1-34,54-55H,56H2,(H,57,58)/q-1. The number of rotatable bonds is 6. The highest BCUT2D eigenvalue weighted by Crippen LogP contribution is 2.44. The summed E-state index contributed by atoms with van der Waals surface area (Å²) in [5, 5.41) is 16.5. The molecule has 9 aromatic carbocycles. The fraction of sp³-hybridized carbons (Fsp3) is 0.0364. The van der Waals surface area contributed by atoms with Crippen LogP contribution in [0.1, 0.15) is 29.0 Å². The number of aromatic nitrogens is 2. The summed E-state index contributed by atoms with van der Waals surface area (Å²) in [5.41, 5.74) is 19.3. The first-order valence-corrected chi connectivity index (χ1v) is 20.8. The van der Waals surface area contributed by atoms with Crippen molar-refractivity contribution in [1.29, 1.82) is 0 Å². The molecule has 0 spiro atoms. The highest BCUT2D eigenvalue weighted by molar-refractivity contribution is 6.19. The number of benzene rings is 9. The van der Waals surface area contributed by atoms with Crippen molar-refractivity contribution in [3.63, 3.8) is 0 Å². The summed E-state index contributed by atoms with van der Waals surface area (Å²) >= 11 is 0. The summed E-state index contributed by atoms with van der Waals surface area (Å²) in [6, 6.07) is 73.1. The highest BCUT2D eigenvalue weighted by Gasteiger charge is 2.24. The topological polar surface area (TPSA) is 74.4 Å². The average Bonchev–Trinajstić information content (AvgIpc) is 3.83. The Labute approximate surface area is 352 Å². The minimum Gasteiger partial charge on any atom is -0.613 e. The minimum absolute atomic E-state index is 0.463. The third kappa shape index (κ3) is 5.87. The molecule has 6 heteroatoms. The van der Waals surface area contributed by atoms with Crippen LogP contribution in [-0.4, -0.2) is 15.0 Å². The van der Waals surface area contributed by atoms with E-state index in [0.717, 1.165) is 61.6 Å². The van der Waals surface area contributed by atoms with Crippen molar-refractivity contribution in [2.75, 3.05) is 5.73 Å². The first kappa shape index (κ1) is 35.1. The smallest absolute Gasteiger partial charge is 0.126 e. The van der Waals surface area contributed by atoms with Gasteiger partial charge < -0.3 is 25.5 Å². The van der Waals surface area contributed by atoms with Crippen LogP contribution in [0, 0.1) is 0 Å². The van der Waals surface area contributed by atoms with Gasteiger partial charge in [-0.05, 0) is 100.0 Å². The monoisotopic (exact) mass is 783 g/mol. The molecule has 0 fully saturated rings. The fourth-order valence-electron chi connectivity index (χ4n) is 9.36. The second-order valence-corrected chi connectivity index (χ2v) is 15.8. The molecule has 0 radical (unpaired) electrons. The Bertz CT molecular complexity index is 3510. The van der Waals surface area contributed by atoms with Crippen molar-refractivity contribution in [3.05, 3.63) is 228 Å². The second-order valence-electron chi connectivity index (χ2n) is 15.8. The lowest BCUT2D eigenvalue weighted by Gasteiger charge is -2.44. The molecule has 11 aromatic rings. The van der Waals surface area contributed by atoms with Crippen LogP contribution >= 0.6 is 0 Å². The van der Waals surface area contributed by atoms with Crippen molar-refractivity contribution in [3.8, 4) is 22.5 Å². The van der Waals surface area contributed by atoms with Crippen molar-refractivity contribution >= 4 is 65.9 Å². The van der Waals surface area contributed by atoms with Crippen LogP contribution in [-0.2, 0) is 0 Å². The number of hydrogen-bond acceptors (Lipinski definition) is 3. The third-order valence-electron chi connectivity index (χ3n) is 12.2. The number of anilines is 1. The molecule has 61 heavy (non-hydrogen) atoms. The zero-order valence-corrected chi connectivity index (χ0v) is 33.2. The molecule has 0 amide bonds. The Morgan fingerprint density at radius 1 is 0.459 bits per heavy atom. The molecule has 6 nitrogen and oxygen atoms in total. The van der Waals surface area contributed by atoms with Crippen LogP contribution < -0.4 is 11.1 Å². The van der Waals surface area contributed by atoms with E-state index in [1.165, 1.54) is 37.8 Å². The van der Waals surface area contributed by atoms with Gasteiger partial charge in [-0.3, -0.25) is 4.99 Å². The maximum absolute atomic E-state index is 6.72. The molecule has 2 aromatic heterocycles. The SMILES string of the molecule is Nc1ccc(-n2c3ccccc3c3cc4c5ccccc5n(-c5ccc6ccccc6c5)c4cc32)c(C2[N-]C(c3cccc(-c4ccccc4)c3)N=C(c3ccccc3)N2)c1. The first-order valence-electron chi connectivity index (χ1n) is 20.8. The van der Waals surface area contributed by atoms with Gasteiger partial charge in [0.2, 0.25) is 0 Å². The van der Waals surface area contributed by atoms with E-state index in [4.69, 9.17) is 16.0 Å². The number of aliphatic imine (C=N–C) groups is 1. The van der Waals surface area contributed by atoms with E-state index in [1.54, 1.807) is 0 Å². The van der Waals surface area contributed by atoms with Gasteiger partial charge >= 0.3 is 0 Å². The van der Waals surface area contributed by atoms with E-state index >= 15 is 0 Å². The molecule has 1 aliphatic rings. The molecular weight excluding hydrogens is 745 g/mol. The van der Waals surface area contributed by atoms with E-state index in [1.807, 2.05) is 30.3 Å². The predicted octanol–water partition coefficient (Wildman–Crippen LogP) is 13.4. The maximum atomic E-state index is 6.72. The van der Waals surface area contributed by atoms with Crippen molar-refractivity contribution in [1.82, 2.24) is 14.5 Å². The van der Waals surface area contributed by atoms with Crippen LogP contribution in [0.3, 0.4) is 0 Å². The van der Waals surface area contributed by atoms with Crippen LogP contribution in [0.25, 0.3) is 82.2 Å². The molecule has 290 valence electrons. The van der Waals surface area contributed by atoms with Gasteiger partial charge in [0.15, 0.2) is 0 Å². The van der Waals surface area contributed by atoms with Gasteiger partial charge in [-0.2, -0.15) is 0 Å². The molecule has 3 N–H and O–H groups in total. The Kier molecular flexibility index (Phi) is 8.11.